The van der Waals surface area contributed by atoms with E-state index in [9.17, 15) is 0 Å². The van der Waals surface area contributed by atoms with Crippen LogP contribution in [0.5, 0.6) is 0 Å². The molecule has 48 heavy (non-hydrogen) atoms. The van der Waals surface area contributed by atoms with Crippen molar-refractivity contribution in [2.24, 2.45) is 0 Å². The lowest BCUT2D eigenvalue weighted by Gasteiger charge is -2.13. The molecule has 1 heterocycles. The van der Waals surface area contributed by atoms with Crippen LogP contribution in [0.1, 0.15) is 5.56 Å². The van der Waals surface area contributed by atoms with Gasteiger partial charge in [0, 0.05) is 16.7 Å². The lowest BCUT2D eigenvalue weighted by atomic mass is 9.91. The van der Waals surface area contributed by atoms with E-state index in [1.807, 2.05) is 60.7 Å². The summed E-state index contributed by atoms with van der Waals surface area (Å²) in [4.78, 5) is 10.0. The second-order valence-electron chi connectivity index (χ2n) is 11.7. The molecule has 0 spiro atoms. The highest BCUT2D eigenvalue weighted by molar-refractivity contribution is 6.05. The molecule has 8 aromatic rings. The minimum Gasteiger partial charge on any atom is -0.228 e. The molecule has 0 atom stereocenters. The van der Waals surface area contributed by atoms with Crippen molar-refractivity contribution < 1.29 is 0 Å². The zero-order chi connectivity index (χ0) is 32.3. The summed E-state index contributed by atoms with van der Waals surface area (Å²) in [5.74, 6) is 0.700. The molecule has 0 bridgehead atoms. The molecular formula is C45H29N3. The zero-order valence-corrected chi connectivity index (χ0v) is 26.1. The van der Waals surface area contributed by atoms with E-state index >= 15 is 0 Å². The number of hydrogen-bond acceptors (Lipinski definition) is 3. The van der Waals surface area contributed by atoms with Crippen LogP contribution in [0.2, 0.25) is 0 Å². The molecule has 0 aliphatic heterocycles. The fourth-order valence-electron chi connectivity index (χ4n) is 6.27. The summed E-state index contributed by atoms with van der Waals surface area (Å²) < 4.78 is 0. The van der Waals surface area contributed by atoms with Crippen molar-refractivity contribution in [1.82, 2.24) is 9.97 Å². The molecule has 1 aromatic heterocycles. The Morgan fingerprint density at radius 2 is 0.750 bits per heavy atom. The fraction of sp³-hybridized carbons (Fsp3) is 0. The summed E-state index contributed by atoms with van der Waals surface area (Å²) in [5, 5.41) is 11.5. The van der Waals surface area contributed by atoms with Crippen LogP contribution in [-0.4, -0.2) is 9.97 Å². The molecule has 0 aliphatic rings. The second kappa shape index (κ2) is 12.6. The van der Waals surface area contributed by atoms with Crippen LogP contribution in [0.4, 0.5) is 0 Å². The number of hydrogen-bond donors (Lipinski definition) is 0. The van der Waals surface area contributed by atoms with Crippen molar-refractivity contribution in [1.29, 1.82) is 5.26 Å². The Morgan fingerprint density at radius 3 is 1.21 bits per heavy atom. The highest BCUT2D eigenvalue weighted by Crippen LogP contribution is 2.37. The topological polar surface area (TPSA) is 49.6 Å². The van der Waals surface area contributed by atoms with E-state index < -0.39 is 0 Å². The maximum Gasteiger partial charge on any atom is 0.160 e. The van der Waals surface area contributed by atoms with Crippen LogP contribution >= 0.6 is 0 Å². The Bertz CT molecular complexity index is 2350. The zero-order valence-electron chi connectivity index (χ0n) is 26.1. The van der Waals surface area contributed by atoms with E-state index in [1.54, 1.807) is 0 Å². The maximum atomic E-state index is 9.13. The largest absolute Gasteiger partial charge is 0.228 e. The number of aromatic nitrogens is 2. The van der Waals surface area contributed by atoms with E-state index in [2.05, 4.69) is 121 Å². The van der Waals surface area contributed by atoms with Crippen LogP contribution in [-0.2, 0) is 0 Å². The Kier molecular flexibility index (Phi) is 7.59. The molecule has 0 saturated heterocycles. The Morgan fingerprint density at radius 1 is 0.354 bits per heavy atom. The van der Waals surface area contributed by atoms with Crippen molar-refractivity contribution in [2.45, 2.75) is 0 Å². The third kappa shape index (κ3) is 5.64. The van der Waals surface area contributed by atoms with Crippen molar-refractivity contribution in [3.8, 4) is 73.4 Å². The van der Waals surface area contributed by atoms with Gasteiger partial charge in [-0.2, -0.15) is 5.26 Å². The highest BCUT2D eigenvalue weighted by atomic mass is 14.9. The standard InChI is InChI=1S/C45H29N3/c46-30-31-15-17-32(18-16-31)33-19-21-34(22-20-33)39-27-28-40(42-14-8-7-13-41(39)42)35-23-25-38(26-24-35)45-47-43(36-9-3-1-4-10-36)29-44(48-45)37-11-5-2-6-12-37/h1-29H. The van der Waals surface area contributed by atoms with Gasteiger partial charge in [0.25, 0.3) is 0 Å². The van der Waals surface area contributed by atoms with Crippen LogP contribution in [0, 0.1) is 11.3 Å². The van der Waals surface area contributed by atoms with Gasteiger partial charge in [-0.1, -0.05) is 158 Å². The molecule has 7 aromatic carbocycles. The summed E-state index contributed by atoms with van der Waals surface area (Å²) >= 11 is 0. The van der Waals surface area contributed by atoms with Gasteiger partial charge >= 0.3 is 0 Å². The molecule has 0 N–H and O–H groups in total. The summed E-state index contributed by atoms with van der Waals surface area (Å²) in [6, 6.07) is 62.8. The SMILES string of the molecule is N#Cc1ccc(-c2ccc(-c3ccc(-c4ccc(-c5nc(-c6ccccc6)cc(-c6ccccc6)n5)cc4)c4ccccc34)cc2)cc1. The molecule has 0 amide bonds. The first-order valence-electron chi connectivity index (χ1n) is 16.0. The smallest absolute Gasteiger partial charge is 0.160 e. The lowest BCUT2D eigenvalue weighted by molar-refractivity contribution is 1.18. The van der Waals surface area contributed by atoms with E-state index in [0.29, 0.717) is 11.4 Å². The highest BCUT2D eigenvalue weighted by Gasteiger charge is 2.13. The van der Waals surface area contributed by atoms with Crippen molar-refractivity contribution in [3.63, 3.8) is 0 Å². The quantitative estimate of drug-likeness (QED) is 0.188. The van der Waals surface area contributed by atoms with Gasteiger partial charge in [-0.05, 0) is 62.4 Å². The molecule has 224 valence electrons. The first-order chi connectivity index (χ1) is 23.7. The molecular weight excluding hydrogens is 583 g/mol. The molecule has 0 fully saturated rings. The molecule has 0 aliphatic carbocycles. The molecule has 8 rings (SSSR count). The van der Waals surface area contributed by atoms with Crippen LogP contribution in [0.3, 0.4) is 0 Å². The molecule has 3 heteroatoms. The van der Waals surface area contributed by atoms with E-state index in [0.717, 1.165) is 50.3 Å². The number of rotatable bonds is 6. The minimum atomic E-state index is 0.666. The summed E-state index contributed by atoms with van der Waals surface area (Å²) in [6.07, 6.45) is 0. The molecule has 0 saturated carbocycles. The Labute approximate surface area is 280 Å². The normalized spacial score (nSPS) is 10.9. The monoisotopic (exact) mass is 611 g/mol. The third-order valence-corrected chi connectivity index (χ3v) is 8.79. The number of fused-ring (bicyclic) bond motifs is 1. The number of benzene rings is 7. The van der Waals surface area contributed by atoms with Gasteiger partial charge in [0.2, 0.25) is 0 Å². The van der Waals surface area contributed by atoms with Crippen LogP contribution in [0.15, 0.2) is 176 Å². The second-order valence-corrected chi connectivity index (χ2v) is 11.7. The van der Waals surface area contributed by atoms with Gasteiger partial charge in [-0.15, -0.1) is 0 Å². The molecule has 0 unspecified atom stereocenters. The van der Waals surface area contributed by atoms with Gasteiger partial charge in [0.1, 0.15) is 0 Å². The maximum absolute atomic E-state index is 9.13. The predicted octanol–water partition coefficient (Wildman–Crippen LogP) is 11.5. The lowest BCUT2D eigenvalue weighted by Crippen LogP contribution is -1.96. The van der Waals surface area contributed by atoms with Crippen LogP contribution < -0.4 is 0 Å². The van der Waals surface area contributed by atoms with Crippen molar-refractivity contribution in [2.75, 3.05) is 0 Å². The van der Waals surface area contributed by atoms with Crippen molar-refractivity contribution in [3.05, 3.63) is 181 Å². The first kappa shape index (κ1) is 28.8. The van der Waals surface area contributed by atoms with Gasteiger partial charge in [-0.25, -0.2) is 9.97 Å². The first-order valence-corrected chi connectivity index (χ1v) is 16.0. The molecule has 0 radical (unpaired) electrons. The Balaban J connectivity index is 1.14. The Hall–Kier alpha value is -6.63. The van der Waals surface area contributed by atoms with E-state index in [1.165, 1.54) is 21.9 Å². The van der Waals surface area contributed by atoms with Gasteiger partial charge in [0.15, 0.2) is 5.82 Å². The third-order valence-electron chi connectivity index (χ3n) is 8.79. The molecule has 3 nitrogen and oxygen atoms in total. The summed E-state index contributed by atoms with van der Waals surface area (Å²) in [7, 11) is 0. The summed E-state index contributed by atoms with van der Waals surface area (Å²) in [6.45, 7) is 0. The predicted molar refractivity (Wildman–Crippen MR) is 197 cm³/mol. The van der Waals surface area contributed by atoms with Gasteiger partial charge in [-0.3, -0.25) is 0 Å². The average Bonchev–Trinajstić information content (AvgIpc) is 3.18. The van der Waals surface area contributed by atoms with E-state index in [4.69, 9.17) is 15.2 Å². The van der Waals surface area contributed by atoms with Crippen LogP contribution in [0.25, 0.3) is 78.1 Å². The minimum absolute atomic E-state index is 0.666. The van der Waals surface area contributed by atoms with Gasteiger partial charge in [0.05, 0.1) is 23.0 Å². The number of nitriles is 1. The van der Waals surface area contributed by atoms with Crippen molar-refractivity contribution >= 4 is 10.8 Å². The number of nitrogens with zero attached hydrogens (tertiary/aromatic N) is 3. The van der Waals surface area contributed by atoms with E-state index in [-0.39, 0.29) is 0 Å². The average molecular weight is 612 g/mol. The fourth-order valence-corrected chi connectivity index (χ4v) is 6.27. The van der Waals surface area contributed by atoms with Gasteiger partial charge < -0.3 is 0 Å². The summed E-state index contributed by atoms with van der Waals surface area (Å²) in [5.41, 5.74) is 12.4.